The molecule has 0 unspecified atom stereocenters. The molecule has 0 amide bonds. The Morgan fingerprint density at radius 2 is 2.05 bits per heavy atom. The van der Waals surface area contributed by atoms with Crippen molar-refractivity contribution in [2.45, 2.75) is 33.4 Å². The van der Waals surface area contributed by atoms with Gasteiger partial charge in [0.2, 0.25) is 0 Å². The second kappa shape index (κ2) is 6.34. The molecule has 116 valence electrons. The van der Waals surface area contributed by atoms with Crippen LogP contribution < -0.4 is 10.2 Å². The van der Waals surface area contributed by atoms with Gasteiger partial charge in [-0.15, -0.1) is 11.3 Å². The van der Waals surface area contributed by atoms with E-state index in [-0.39, 0.29) is 0 Å². The summed E-state index contributed by atoms with van der Waals surface area (Å²) in [7, 11) is 0. The van der Waals surface area contributed by atoms with Crippen LogP contribution in [0.2, 0.25) is 0 Å². The maximum atomic E-state index is 4.87. The SMILES string of the molecule is CCN1CCN(c2nc3sccn3c2CNC(C)C)CC1. The van der Waals surface area contributed by atoms with Crippen molar-refractivity contribution in [2.24, 2.45) is 0 Å². The summed E-state index contributed by atoms with van der Waals surface area (Å²) < 4.78 is 2.24. The summed E-state index contributed by atoms with van der Waals surface area (Å²) in [6.45, 7) is 13.1. The van der Waals surface area contributed by atoms with Crippen LogP contribution in [0.15, 0.2) is 11.6 Å². The molecule has 2 aromatic rings. The molecule has 1 aliphatic rings. The van der Waals surface area contributed by atoms with E-state index in [2.05, 4.69) is 51.9 Å². The first-order chi connectivity index (χ1) is 10.2. The van der Waals surface area contributed by atoms with Gasteiger partial charge in [0.05, 0.1) is 5.69 Å². The fraction of sp³-hybridized carbons (Fsp3) is 0.667. The standard InChI is InChI=1S/C15H25N5S/c1-4-18-5-7-19(8-6-18)14-13(11-16-12(2)3)20-9-10-21-15(20)17-14/h9-10,12,16H,4-8,11H2,1-3H3. The molecule has 1 aliphatic heterocycles. The molecule has 1 N–H and O–H groups in total. The minimum absolute atomic E-state index is 0.485. The molecule has 0 atom stereocenters. The Morgan fingerprint density at radius 3 is 2.71 bits per heavy atom. The Labute approximate surface area is 130 Å². The Bertz CT molecular complexity index is 580. The van der Waals surface area contributed by atoms with Gasteiger partial charge in [-0.25, -0.2) is 4.98 Å². The zero-order valence-corrected chi connectivity index (χ0v) is 14.0. The van der Waals surface area contributed by atoms with E-state index in [0.29, 0.717) is 6.04 Å². The summed E-state index contributed by atoms with van der Waals surface area (Å²) in [4.78, 5) is 10.9. The fourth-order valence-corrected chi connectivity index (χ4v) is 3.54. The second-order valence-electron chi connectivity index (χ2n) is 5.89. The van der Waals surface area contributed by atoms with Crippen molar-refractivity contribution >= 4 is 22.1 Å². The van der Waals surface area contributed by atoms with Crippen molar-refractivity contribution in [3.8, 4) is 0 Å². The van der Waals surface area contributed by atoms with Crippen molar-refractivity contribution in [3.63, 3.8) is 0 Å². The van der Waals surface area contributed by atoms with Gasteiger partial charge in [-0.2, -0.15) is 0 Å². The molecule has 1 fully saturated rings. The van der Waals surface area contributed by atoms with E-state index in [1.807, 2.05) is 0 Å². The minimum Gasteiger partial charge on any atom is -0.352 e. The van der Waals surface area contributed by atoms with Crippen LogP contribution in [0.5, 0.6) is 0 Å². The van der Waals surface area contributed by atoms with Gasteiger partial charge in [0, 0.05) is 50.3 Å². The first kappa shape index (κ1) is 14.8. The predicted molar refractivity (Wildman–Crippen MR) is 89.4 cm³/mol. The van der Waals surface area contributed by atoms with Crippen LogP contribution in [0.25, 0.3) is 4.96 Å². The summed E-state index contributed by atoms with van der Waals surface area (Å²) >= 11 is 1.71. The van der Waals surface area contributed by atoms with Gasteiger partial charge in [-0.1, -0.05) is 20.8 Å². The number of anilines is 1. The van der Waals surface area contributed by atoms with Crippen molar-refractivity contribution in [1.82, 2.24) is 19.6 Å². The molecule has 0 saturated carbocycles. The molecule has 21 heavy (non-hydrogen) atoms. The highest BCUT2D eigenvalue weighted by atomic mass is 32.1. The van der Waals surface area contributed by atoms with Gasteiger partial charge in [0.15, 0.2) is 10.8 Å². The lowest BCUT2D eigenvalue weighted by molar-refractivity contribution is 0.270. The third kappa shape index (κ3) is 3.07. The van der Waals surface area contributed by atoms with Crippen molar-refractivity contribution in [2.75, 3.05) is 37.6 Å². The summed E-state index contributed by atoms with van der Waals surface area (Å²) in [5.74, 6) is 1.17. The Kier molecular flexibility index (Phi) is 4.47. The smallest absolute Gasteiger partial charge is 0.195 e. The number of imidazole rings is 1. The van der Waals surface area contributed by atoms with E-state index in [4.69, 9.17) is 4.98 Å². The lowest BCUT2D eigenvalue weighted by Gasteiger charge is -2.34. The van der Waals surface area contributed by atoms with Gasteiger partial charge < -0.3 is 15.1 Å². The van der Waals surface area contributed by atoms with E-state index in [9.17, 15) is 0 Å². The summed E-state index contributed by atoms with van der Waals surface area (Å²) in [5.41, 5.74) is 1.30. The summed E-state index contributed by atoms with van der Waals surface area (Å²) in [6.07, 6.45) is 2.14. The van der Waals surface area contributed by atoms with Crippen LogP contribution in [0.4, 0.5) is 5.82 Å². The number of nitrogens with one attached hydrogen (secondary N) is 1. The number of likely N-dealkylation sites (N-methyl/N-ethyl adjacent to an activating group) is 1. The largest absolute Gasteiger partial charge is 0.352 e. The zero-order valence-electron chi connectivity index (χ0n) is 13.2. The molecule has 0 spiro atoms. The van der Waals surface area contributed by atoms with Crippen LogP contribution in [-0.4, -0.2) is 53.1 Å². The van der Waals surface area contributed by atoms with Crippen molar-refractivity contribution in [3.05, 3.63) is 17.3 Å². The number of aromatic nitrogens is 2. The van der Waals surface area contributed by atoms with Gasteiger partial charge in [0.25, 0.3) is 0 Å². The molecule has 0 aliphatic carbocycles. The number of hydrogen-bond donors (Lipinski definition) is 1. The molecular weight excluding hydrogens is 282 g/mol. The Morgan fingerprint density at radius 1 is 1.29 bits per heavy atom. The van der Waals surface area contributed by atoms with E-state index >= 15 is 0 Å². The van der Waals surface area contributed by atoms with Crippen LogP contribution in [-0.2, 0) is 6.54 Å². The predicted octanol–water partition coefficient (Wildman–Crippen LogP) is 2.04. The first-order valence-electron chi connectivity index (χ1n) is 7.84. The average Bonchev–Trinajstić information content (AvgIpc) is 3.06. The van der Waals surface area contributed by atoms with Gasteiger partial charge in [-0.3, -0.25) is 4.40 Å². The second-order valence-corrected chi connectivity index (χ2v) is 6.77. The number of fused-ring (bicyclic) bond motifs is 1. The Hall–Kier alpha value is -1.11. The quantitative estimate of drug-likeness (QED) is 0.917. The highest BCUT2D eigenvalue weighted by molar-refractivity contribution is 7.15. The molecule has 0 radical (unpaired) electrons. The van der Waals surface area contributed by atoms with E-state index in [1.54, 1.807) is 11.3 Å². The monoisotopic (exact) mass is 307 g/mol. The maximum Gasteiger partial charge on any atom is 0.195 e. The van der Waals surface area contributed by atoms with E-state index < -0.39 is 0 Å². The lowest BCUT2D eigenvalue weighted by Crippen LogP contribution is -2.46. The highest BCUT2D eigenvalue weighted by Gasteiger charge is 2.22. The molecule has 6 heteroatoms. The Balaban J connectivity index is 1.83. The molecular formula is C15H25N5S. The molecule has 1 saturated heterocycles. The number of piperazine rings is 1. The van der Waals surface area contributed by atoms with E-state index in [1.165, 1.54) is 11.5 Å². The zero-order chi connectivity index (χ0) is 14.8. The first-order valence-corrected chi connectivity index (χ1v) is 8.72. The topological polar surface area (TPSA) is 35.8 Å². The third-order valence-corrected chi connectivity index (χ3v) is 4.89. The molecule has 0 bridgehead atoms. The van der Waals surface area contributed by atoms with E-state index in [0.717, 1.165) is 44.2 Å². The van der Waals surface area contributed by atoms with Crippen LogP contribution in [0.3, 0.4) is 0 Å². The molecule has 5 nitrogen and oxygen atoms in total. The number of thiazole rings is 1. The fourth-order valence-electron chi connectivity index (χ4n) is 2.82. The molecule has 0 aromatic carbocycles. The summed E-state index contributed by atoms with van der Waals surface area (Å²) in [5, 5.41) is 5.65. The van der Waals surface area contributed by atoms with Crippen molar-refractivity contribution < 1.29 is 0 Å². The van der Waals surface area contributed by atoms with Crippen LogP contribution >= 0.6 is 11.3 Å². The number of nitrogens with zero attached hydrogens (tertiary/aromatic N) is 4. The maximum absolute atomic E-state index is 4.87. The number of hydrogen-bond acceptors (Lipinski definition) is 5. The van der Waals surface area contributed by atoms with Gasteiger partial charge in [-0.05, 0) is 6.54 Å². The van der Waals surface area contributed by atoms with Crippen LogP contribution in [0, 0.1) is 0 Å². The molecule has 3 heterocycles. The lowest BCUT2D eigenvalue weighted by atomic mass is 10.3. The van der Waals surface area contributed by atoms with Gasteiger partial charge in [0.1, 0.15) is 0 Å². The van der Waals surface area contributed by atoms with Crippen LogP contribution in [0.1, 0.15) is 26.5 Å². The van der Waals surface area contributed by atoms with Gasteiger partial charge >= 0.3 is 0 Å². The molecule has 2 aromatic heterocycles. The minimum atomic E-state index is 0.485. The molecule has 3 rings (SSSR count). The normalized spacial score (nSPS) is 17.2. The number of rotatable bonds is 5. The summed E-state index contributed by atoms with van der Waals surface area (Å²) in [6, 6.07) is 0.485. The highest BCUT2D eigenvalue weighted by Crippen LogP contribution is 2.25. The average molecular weight is 307 g/mol. The van der Waals surface area contributed by atoms with Crippen molar-refractivity contribution in [1.29, 1.82) is 0 Å². The third-order valence-electron chi connectivity index (χ3n) is 4.14.